The number of nitrogens with zero attached hydrogens (tertiary/aromatic N) is 3. The quantitative estimate of drug-likeness (QED) is 0.443. The van der Waals surface area contributed by atoms with Gasteiger partial charge in [-0.15, -0.1) is 0 Å². The maximum absolute atomic E-state index is 9.13. The van der Waals surface area contributed by atoms with Crippen LogP contribution >= 0.6 is 34.2 Å². The summed E-state index contributed by atoms with van der Waals surface area (Å²) in [6.45, 7) is 0. The summed E-state index contributed by atoms with van der Waals surface area (Å²) in [5, 5.41) is 21.3. The molecular formula is C17H13ClIN5. The van der Waals surface area contributed by atoms with E-state index < -0.39 is 0 Å². The minimum atomic E-state index is 0.0982. The normalized spacial score (nSPS) is 16.6. The Morgan fingerprint density at radius 1 is 1.38 bits per heavy atom. The summed E-state index contributed by atoms with van der Waals surface area (Å²) in [7, 11) is 0. The van der Waals surface area contributed by atoms with Crippen molar-refractivity contribution < 1.29 is 0 Å². The van der Waals surface area contributed by atoms with Crippen LogP contribution in [0.5, 0.6) is 0 Å². The molecule has 120 valence electrons. The molecule has 0 saturated heterocycles. The molecule has 7 heteroatoms. The summed E-state index contributed by atoms with van der Waals surface area (Å²) in [4.78, 5) is 4.49. The van der Waals surface area contributed by atoms with Crippen molar-refractivity contribution in [3.63, 3.8) is 0 Å². The molecule has 1 unspecified atom stereocenters. The Labute approximate surface area is 157 Å². The lowest BCUT2D eigenvalue weighted by Gasteiger charge is -2.26. The van der Waals surface area contributed by atoms with Crippen LogP contribution in [0.3, 0.4) is 0 Å². The number of hydrogen-bond acceptors (Lipinski definition) is 4. The van der Waals surface area contributed by atoms with Crippen LogP contribution in [0.4, 0.5) is 5.69 Å². The van der Waals surface area contributed by atoms with Gasteiger partial charge in [0.2, 0.25) is 0 Å². The number of anilines is 1. The van der Waals surface area contributed by atoms with Gasteiger partial charge in [-0.2, -0.15) is 10.4 Å². The van der Waals surface area contributed by atoms with E-state index in [4.69, 9.17) is 16.9 Å². The number of aromatic nitrogens is 3. The van der Waals surface area contributed by atoms with Gasteiger partial charge in [0.05, 0.1) is 22.8 Å². The van der Waals surface area contributed by atoms with Crippen LogP contribution in [0, 0.1) is 15.0 Å². The summed E-state index contributed by atoms with van der Waals surface area (Å²) in [6.07, 6.45) is 2.98. The molecule has 0 radical (unpaired) electrons. The predicted molar refractivity (Wildman–Crippen MR) is 102 cm³/mol. The Morgan fingerprint density at radius 2 is 2.25 bits per heavy atom. The largest absolute Gasteiger partial charge is 0.377 e. The Balaban J connectivity index is 1.69. The topological polar surface area (TPSA) is 77.4 Å². The van der Waals surface area contributed by atoms with Gasteiger partial charge < -0.3 is 5.32 Å². The SMILES string of the molecule is N#Cc1cc2c(nc1Cl)C(Nc1ccc3n[nH]c(I)c3c1)CCC2. The zero-order valence-electron chi connectivity index (χ0n) is 12.6. The molecule has 1 aliphatic rings. The second kappa shape index (κ2) is 6.22. The number of benzene rings is 1. The molecule has 24 heavy (non-hydrogen) atoms. The highest BCUT2D eigenvalue weighted by Gasteiger charge is 2.23. The zero-order valence-corrected chi connectivity index (χ0v) is 15.5. The van der Waals surface area contributed by atoms with E-state index in [1.54, 1.807) is 0 Å². The van der Waals surface area contributed by atoms with Gasteiger partial charge >= 0.3 is 0 Å². The number of fused-ring (bicyclic) bond motifs is 2. The maximum Gasteiger partial charge on any atom is 0.147 e. The molecule has 1 atom stereocenters. The lowest BCUT2D eigenvalue weighted by molar-refractivity contribution is 0.583. The van der Waals surface area contributed by atoms with Crippen LogP contribution in [0.25, 0.3) is 10.9 Å². The second-order valence-electron chi connectivity index (χ2n) is 5.84. The van der Waals surface area contributed by atoms with Gasteiger partial charge in [-0.1, -0.05) is 11.6 Å². The first-order valence-electron chi connectivity index (χ1n) is 7.65. The number of nitriles is 1. The van der Waals surface area contributed by atoms with Gasteiger partial charge in [-0.05, 0) is 71.7 Å². The van der Waals surface area contributed by atoms with E-state index >= 15 is 0 Å². The van der Waals surface area contributed by atoms with Gasteiger partial charge in [-0.25, -0.2) is 4.98 Å². The Morgan fingerprint density at radius 3 is 3.08 bits per heavy atom. The zero-order chi connectivity index (χ0) is 16.7. The fourth-order valence-electron chi connectivity index (χ4n) is 3.17. The number of aryl methyl sites for hydroxylation is 1. The first-order chi connectivity index (χ1) is 11.7. The van der Waals surface area contributed by atoms with Gasteiger partial charge in [-0.3, -0.25) is 5.10 Å². The Bertz CT molecular complexity index is 975. The molecule has 1 aliphatic carbocycles. The first-order valence-corrected chi connectivity index (χ1v) is 9.11. The van der Waals surface area contributed by atoms with Crippen molar-refractivity contribution in [3.8, 4) is 6.07 Å². The summed E-state index contributed by atoms with van der Waals surface area (Å²) in [6, 6.07) is 10.2. The lowest BCUT2D eigenvalue weighted by Crippen LogP contribution is -2.19. The van der Waals surface area contributed by atoms with E-state index in [-0.39, 0.29) is 11.2 Å². The van der Waals surface area contributed by atoms with Crippen LogP contribution < -0.4 is 5.32 Å². The van der Waals surface area contributed by atoms with E-state index in [9.17, 15) is 0 Å². The number of hydrogen-bond donors (Lipinski definition) is 2. The summed E-state index contributed by atoms with van der Waals surface area (Å²) in [5.74, 6) is 0. The maximum atomic E-state index is 9.13. The summed E-state index contributed by atoms with van der Waals surface area (Å²) >= 11 is 8.39. The van der Waals surface area contributed by atoms with E-state index in [0.717, 1.165) is 50.8 Å². The van der Waals surface area contributed by atoms with Crippen molar-refractivity contribution in [1.82, 2.24) is 15.2 Å². The van der Waals surface area contributed by atoms with Crippen LogP contribution in [-0.4, -0.2) is 15.2 Å². The predicted octanol–water partition coefficient (Wildman–Crippen LogP) is 4.58. The molecule has 0 amide bonds. The number of rotatable bonds is 2. The minimum absolute atomic E-state index is 0.0982. The minimum Gasteiger partial charge on any atom is -0.377 e. The molecule has 4 rings (SSSR count). The highest BCUT2D eigenvalue weighted by molar-refractivity contribution is 14.1. The van der Waals surface area contributed by atoms with E-state index in [1.165, 1.54) is 0 Å². The number of pyridine rings is 1. The standard InChI is InChI=1S/C17H13ClIN5/c18-16-10(8-20)6-9-2-1-3-14(15(9)22-16)21-11-4-5-13-12(7-11)17(19)24-23-13/h4-7,14,21H,1-3H2,(H,23,24). The Kier molecular flexibility index (Phi) is 4.06. The highest BCUT2D eigenvalue weighted by atomic mass is 127. The highest BCUT2D eigenvalue weighted by Crippen LogP contribution is 2.34. The third-order valence-corrected chi connectivity index (χ3v) is 5.44. The fourth-order valence-corrected chi connectivity index (χ4v) is 3.91. The van der Waals surface area contributed by atoms with Crippen LogP contribution in [0.15, 0.2) is 24.3 Å². The van der Waals surface area contributed by atoms with Crippen molar-refractivity contribution >= 4 is 50.8 Å². The van der Waals surface area contributed by atoms with Gasteiger partial charge in [0.15, 0.2) is 0 Å². The van der Waals surface area contributed by atoms with Crippen molar-refractivity contribution in [2.45, 2.75) is 25.3 Å². The average Bonchev–Trinajstić information content (AvgIpc) is 2.96. The molecule has 0 spiro atoms. The third kappa shape index (κ3) is 2.72. The van der Waals surface area contributed by atoms with E-state index in [2.05, 4.69) is 55.2 Å². The molecule has 5 nitrogen and oxygen atoms in total. The van der Waals surface area contributed by atoms with Crippen LogP contribution in [0.1, 0.15) is 35.7 Å². The van der Waals surface area contributed by atoms with Gasteiger partial charge in [0.1, 0.15) is 14.9 Å². The molecule has 1 aromatic carbocycles. The smallest absolute Gasteiger partial charge is 0.147 e. The Hall–Kier alpha value is -1.85. The molecule has 2 N–H and O–H groups in total. The van der Waals surface area contributed by atoms with Crippen molar-refractivity contribution in [2.24, 2.45) is 0 Å². The number of aromatic amines is 1. The van der Waals surface area contributed by atoms with Crippen molar-refractivity contribution in [3.05, 3.63) is 49.9 Å². The molecule has 0 fully saturated rings. The monoisotopic (exact) mass is 449 g/mol. The van der Waals surface area contributed by atoms with Crippen molar-refractivity contribution in [1.29, 1.82) is 5.26 Å². The number of H-pyrrole nitrogens is 1. The lowest BCUT2D eigenvalue weighted by atomic mass is 9.91. The average molecular weight is 450 g/mol. The molecule has 0 saturated carbocycles. The van der Waals surface area contributed by atoms with Crippen LogP contribution in [-0.2, 0) is 6.42 Å². The number of nitrogens with one attached hydrogen (secondary N) is 2. The van der Waals surface area contributed by atoms with E-state index in [0.29, 0.717) is 5.56 Å². The summed E-state index contributed by atoms with van der Waals surface area (Å²) in [5.41, 5.74) is 4.49. The molecule has 2 heterocycles. The molecule has 0 aliphatic heterocycles. The second-order valence-corrected chi connectivity index (χ2v) is 7.28. The fraction of sp³-hybridized carbons (Fsp3) is 0.235. The molecular weight excluding hydrogens is 437 g/mol. The third-order valence-electron chi connectivity index (χ3n) is 4.33. The molecule has 3 aromatic rings. The van der Waals surface area contributed by atoms with Gasteiger partial charge in [0.25, 0.3) is 0 Å². The van der Waals surface area contributed by atoms with Crippen molar-refractivity contribution in [2.75, 3.05) is 5.32 Å². The molecule has 0 bridgehead atoms. The summed E-state index contributed by atoms with van der Waals surface area (Å²) < 4.78 is 1.02. The van der Waals surface area contributed by atoms with E-state index in [1.807, 2.05) is 18.2 Å². The van der Waals surface area contributed by atoms with Crippen LogP contribution in [0.2, 0.25) is 5.15 Å². The first kappa shape index (κ1) is 15.7. The van der Waals surface area contributed by atoms with Gasteiger partial charge in [0, 0.05) is 11.1 Å². The number of halogens is 2. The molecule has 2 aromatic heterocycles.